The second-order valence-electron chi connectivity index (χ2n) is 3.72. The Morgan fingerprint density at radius 2 is 2.29 bits per heavy atom. The molecule has 17 heavy (non-hydrogen) atoms. The number of allylic oxidation sites excluding steroid dienone is 1. The molecular formula is C11H11N3O3. The lowest BCUT2D eigenvalue weighted by molar-refractivity contribution is -0.131. The molecule has 1 N–H and O–H groups in total. The van der Waals surface area contributed by atoms with E-state index in [0.29, 0.717) is 11.1 Å². The van der Waals surface area contributed by atoms with Crippen LogP contribution in [0.25, 0.3) is 5.52 Å². The zero-order chi connectivity index (χ0) is 12.4. The lowest BCUT2D eigenvalue weighted by atomic mass is 10.3. The van der Waals surface area contributed by atoms with Gasteiger partial charge in [0.05, 0.1) is 6.20 Å². The van der Waals surface area contributed by atoms with Crippen LogP contribution in [0.15, 0.2) is 41.1 Å². The van der Waals surface area contributed by atoms with Crippen molar-refractivity contribution in [3.8, 4) is 0 Å². The molecule has 0 aliphatic heterocycles. The number of aromatic nitrogens is 3. The highest BCUT2D eigenvalue weighted by atomic mass is 16.4. The molecule has 88 valence electrons. The molecule has 0 saturated heterocycles. The molecule has 2 rings (SSSR count). The third-order valence-electron chi connectivity index (χ3n) is 2.33. The summed E-state index contributed by atoms with van der Waals surface area (Å²) in [4.78, 5) is 22.4. The first-order valence-electron chi connectivity index (χ1n) is 5.01. The van der Waals surface area contributed by atoms with Gasteiger partial charge >= 0.3 is 5.97 Å². The summed E-state index contributed by atoms with van der Waals surface area (Å²) in [6, 6.07) is 1.62. The Hall–Kier alpha value is -2.37. The molecule has 2 aromatic rings. The van der Waals surface area contributed by atoms with Gasteiger partial charge in [-0.2, -0.15) is 5.10 Å². The number of aliphatic carboxylic acids is 1. The van der Waals surface area contributed by atoms with Gasteiger partial charge in [-0.3, -0.25) is 4.79 Å². The average molecular weight is 233 g/mol. The Kier molecular flexibility index (Phi) is 2.78. The second-order valence-corrected chi connectivity index (χ2v) is 3.72. The fraction of sp³-hybridized carbons (Fsp3) is 0.182. The standard InChI is InChI=1S/C11H11N3O3/c1-8(6-10(15)16)7-13-4-5-14-9(11(13)17)2-3-12-14/h2-6H,7H2,1H3,(H,15,16)/b8-6-. The molecule has 0 atom stereocenters. The monoisotopic (exact) mass is 233 g/mol. The van der Waals surface area contributed by atoms with Crippen molar-refractivity contribution in [1.29, 1.82) is 0 Å². The molecule has 6 nitrogen and oxygen atoms in total. The van der Waals surface area contributed by atoms with Crippen LogP contribution in [0.1, 0.15) is 6.92 Å². The third kappa shape index (κ3) is 2.25. The molecule has 6 heteroatoms. The van der Waals surface area contributed by atoms with Gasteiger partial charge in [-0.15, -0.1) is 0 Å². The largest absolute Gasteiger partial charge is 0.478 e. The van der Waals surface area contributed by atoms with Crippen LogP contribution in [-0.2, 0) is 11.3 Å². The van der Waals surface area contributed by atoms with Crippen LogP contribution in [0, 0.1) is 0 Å². The van der Waals surface area contributed by atoms with E-state index >= 15 is 0 Å². The van der Waals surface area contributed by atoms with Gasteiger partial charge in [0.15, 0.2) is 0 Å². The van der Waals surface area contributed by atoms with Gasteiger partial charge in [-0.05, 0) is 18.6 Å². The normalized spacial score (nSPS) is 11.9. The predicted molar refractivity (Wildman–Crippen MR) is 60.8 cm³/mol. The van der Waals surface area contributed by atoms with E-state index in [1.807, 2.05) is 0 Å². The highest BCUT2D eigenvalue weighted by Crippen LogP contribution is 1.99. The average Bonchev–Trinajstić information content (AvgIpc) is 2.69. The van der Waals surface area contributed by atoms with Crippen LogP contribution in [0.3, 0.4) is 0 Å². The van der Waals surface area contributed by atoms with Crippen molar-refractivity contribution in [3.63, 3.8) is 0 Å². The number of hydrogen-bond donors (Lipinski definition) is 1. The molecule has 0 aliphatic rings. The summed E-state index contributed by atoms with van der Waals surface area (Å²) in [5.41, 5.74) is 0.877. The summed E-state index contributed by atoms with van der Waals surface area (Å²) >= 11 is 0. The zero-order valence-electron chi connectivity index (χ0n) is 9.20. The molecule has 0 spiro atoms. The van der Waals surface area contributed by atoms with E-state index in [-0.39, 0.29) is 12.1 Å². The lowest BCUT2D eigenvalue weighted by Gasteiger charge is -2.05. The quantitative estimate of drug-likeness (QED) is 0.784. The van der Waals surface area contributed by atoms with Gasteiger partial charge in [0.25, 0.3) is 5.56 Å². The first-order valence-corrected chi connectivity index (χ1v) is 5.01. The van der Waals surface area contributed by atoms with Crippen molar-refractivity contribution in [1.82, 2.24) is 14.2 Å². The van der Waals surface area contributed by atoms with E-state index in [2.05, 4.69) is 5.10 Å². The summed E-state index contributed by atoms with van der Waals surface area (Å²) in [5.74, 6) is -1.01. The topological polar surface area (TPSA) is 76.6 Å². The van der Waals surface area contributed by atoms with Crippen LogP contribution in [-0.4, -0.2) is 25.3 Å². The lowest BCUT2D eigenvalue weighted by Crippen LogP contribution is -2.22. The molecule has 2 aromatic heterocycles. The SMILES string of the molecule is C/C(=C/C(=O)O)Cn1ccn2nccc2c1=O. The number of carbonyl (C=O) groups is 1. The molecule has 0 saturated carbocycles. The van der Waals surface area contributed by atoms with Crippen molar-refractivity contribution in [2.24, 2.45) is 0 Å². The van der Waals surface area contributed by atoms with E-state index in [1.54, 1.807) is 31.6 Å². The maximum absolute atomic E-state index is 11.9. The number of fused-ring (bicyclic) bond motifs is 1. The number of nitrogens with zero attached hydrogens (tertiary/aromatic N) is 3. The van der Waals surface area contributed by atoms with Crippen molar-refractivity contribution in [2.75, 3.05) is 0 Å². The number of hydrogen-bond acceptors (Lipinski definition) is 3. The maximum Gasteiger partial charge on any atom is 0.328 e. The highest BCUT2D eigenvalue weighted by molar-refractivity contribution is 5.80. The van der Waals surface area contributed by atoms with Gasteiger partial charge in [-0.1, -0.05) is 0 Å². The highest BCUT2D eigenvalue weighted by Gasteiger charge is 2.04. The fourth-order valence-corrected chi connectivity index (χ4v) is 1.61. The molecule has 0 fully saturated rings. The van der Waals surface area contributed by atoms with E-state index in [1.165, 1.54) is 9.08 Å². The molecule has 2 heterocycles. The van der Waals surface area contributed by atoms with Crippen LogP contribution in [0.4, 0.5) is 0 Å². The molecule has 0 radical (unpaired) electrons. The fourth-order valence-electron chi connectivity index (χ4n) is 1.61. The van der Waals surface area contributed by atoms with E-state index in [9.17, 15) is 9.59 Å². The van der Waals surface area contributed by atoms with Gasteiger partial charge in [0.2, 0.25) is 0 Å². The van der Waals surface area contributed by atoms with Crippen LogP contribution >= 0.6 is 0 Å². The summed E-state index contributed by atoms with van der Waals surface area (Å²) in [5, 5.41) is 12.5. The predicted octanol–water partition coefficient (Wildman–Crippen LogP) is 0.527. The van der Waals surface area contributed by atoms with Crippen molar-refractivity contribution in [2.45, 2.75) is 13.5 Å². The number of carboxylic acids is 1. The summed E-state index contributed by atoms with van der Waals surface area (Å²) < 4.78 is 2.93. The Morgan fingerprint density at radius 3 is 3.00 bits per heavy atom. The number of rotatable bonds is 3. The molecule has 0 bridgehead atoms. The Labute approximate surface area is 96.4 Å². The van der Waals surface area contributed by atoms with Gasteiger partial charge < -0.3 is 9.67 Å². The first kappa shape index (κ1) is 11.1. The molecule has 0 unspecified atom stereocenters. The van der Waals surface area contributed by atoms with Crippen LogP contribution in [0.2, 0.25) is 0 Å². The minimum absolute atomic E-state index is 0.192. The zero-order valence-corrected chi connectivity index (χ0v) is 9.20. The second kappa shape index (κ2) is 4.25. The molecule has 0 amide bonds. The smallest absolute Gasteiger partial charge is 0.328 e. The van der Waals surface area contributed by atoms with Gasteiger partial charge in [-0.25, -0.2) is 9.31 Å². The molecule has 0 aliphatic carbocycles. The summed E-state index contributed by atoms with van der Waals surface area (Å²) in [6.07, 6.45) is 5.88. The minimum Gasteiger partial charge on any atom is -0.478 e. The van der Waals surface area contributed by atoms with E-state index in [4.69, 9.17) is 5.11 Å². The molecular weight excluding hydrogens is 222 g/mol. The first-order chi connectivity index (χ1) is 8.08. The van der Waals surface area contributed by atoms with Crippen molar-refractivity contribution >= 4 is 11.5 Å². The van der Waals surface area contributed by atoms with Crippen LogP contribution < -0.4 is 5.56 Å². The van der Waals surface area contributed by atoms with E-state index in [0.717, 1.165) is 6.08 Å². The van der Waals surface area contributed by atoms with E-state index < -0.39 is 5.97 Å². The Balaban J connectivity index is 2.40. The summed E-state index contributed by atoms with van der Waals surface area (Å²) in [6.45, 7) is 1.92. The van der Waals surface area contributed by atoms with Crippen molar-refractivity contribution < 1.29 is 9.90 Å². The Morgan fingerprint density at radius 1 is 1.53 bits per heavy atom. The maximum atomic E-state index is 11.9. The van der Waals surface area contributed by atoms with Gasteiger partial charge in [0.1, 0.15) is 5.52 Å². The van der Waals surface area contributed by atoms with Gasteiger partial charge in [0, 0.05) is 25.0 Å². The Bertz CT molecular complexity index is 651. The minimum atomic E-state index is -1.01. The molecule has 0 aromatic carbocycles. The van der Waals surface area contributed by atoms with Crippen molar-refractivity contribution in [3.05, 3.63) is 46.7 Å². The third-order valence-corrected chi connectivity index (χ3v) is 2.33. The number of carboxylic acid groups (broad SMARTS) is 1. The summed E-state index contributed by atoms with van der Waals surface area (Å²) in [7, 11) is 0. The van der Waals surface area contributed by atoms with Crippen LogP contribution in [0.5, 0.6) is 0 Å².